The van der Waals surface area contributed by atoms with Gasteiger partial charge in [0.25, 0.3) is 0 Å². The highest BCUT2D eigenvalue weighted by Crippen LogP contribution is 2.42. The van der Waals surface area contributed by atoms with Gasteiger partial charge < -0.3 is 20.0 Å². The van der Waals surface area contributed by atoms with Gasteiger partial charge in [0, 0.05) is 25.1 Å². The number of nitrogens with zero attached hydrogens (tertiary/aromatic N) is 2. The summed E-state index contributed by atoms with van der Waals surface area (Å²) in [6, 6.07) is 5.68. The van der Waals surface area contributed by atoms with Crippen LogP contribution in [0.1, 0.15) is 56.2 Å². The molecule has 27 heavy (non-hydrogen) atoms. The predicted molar refractivity (Wildman–Crippen MR) is 106 cm³/mol. The molecule has 2 aromatic heterocycles. The first-order valence-electron chi connectivity index (χ1n) is 9.77. The van der Waals surface area contributed by atoms with Crippen molar-refractivity contribution in [1.29, 1.82) is 0 Å². The Kier molecular flexibility index (Phi) is 4.58. The largest absolute Gasteiger partial charge is 0.466 e. The number of anilines is 2. The summed E-state index contributed by atoms with van der Waals surface area (Å²) in [5.74, 6) is 2.86. The van der Waals surface area contributed by atoms with Crippen LogP contribution >= 0.6 is 0 Å². The number of aryl methyl sites for hydroxylation is 1. The minimum atomic E-state index is -0.210. The summed E-state index contributed by atoms with van der Waals surface area (Å²) < 4.78 is 5.85. The van der Waals surface area contributed by atoms with Crippen LogP contribution in [0, 0.1) is 12.3 Å². The molecule has 1 aliphatic carbocycles. The first kappa shape index (κ1) is 17.9. The maximum absolute atomic E-state index is 12.6. The van der Waals surface area contributed by atoms with Crippen molar-refractivity contribution in [3.05, 3.63) is 41.5 Å². The smallest absolute Gasteiger partial charge is 0.319 e. The third-order valence-electron chi connectivity index (χ3n) is 5.48. The monoisotopic (exact) mass is 368 g/mol. The summed E-state index contributed by atoms with van der Waals surface area (Å²) >= 11 is 0. The molecule has 1 unspecified atom stereocenters. The van der Waals surface area contributed by atoms with E-state index in [0.717, 1.165) is 48.8 Å². The Hall–Kier alpha value is -2.50. The van der Waals surface area contributed by atoms with E-state index in [0.29, 0.717) is 5.69 Å². The third kappa shape index (κ3) is 3.94. The molecule has 0 saturated carbocycles. The van der Waals surface area contributed by atoms with E-state index in [-0.39, 0.29) is 17.5 Å². The predicted octanol–water partition coefficient (Wildman–Crippen LogP) is 4.42. The van der Waals surface area contributed by atoms with Crippen LogP contribution in [0.3, 0.4) is 0 Å². The fourth-order valence-electron chi connectivity index (χ4n) is 4.23. The number of carbonyl (C=O) groups excluding carboxylic acids is 1. The van der Waals surface area contributed by atoms with Crippen LogP contribution in [0.2, 0.25) is 0 Å². The average Bonchev–Trinajstić information content (AvgIpc) is 3.23. The van der Waals surface area contributed by atoms with Gasteiger partial charge in [0.15, 0.2) is 0 Å². The lowest BCUT2D eigenvalue weighted by Crippen LogP contribution is -2.38. The number of fused-ring (bicyclic) bond motifs is 1. The van der Waals surface area contributed by atoms with Gasteiger partial charge in [-0.05, 0) is 49.8 Å². The molecule has 1 fully saturated rings. The molecule has 144 valence electrons. The minimum absolute atomic E-state index is 0.0435. The van der Waals surface area contributed by atoms with E-state index in [1.54, 1.807) is 6.20 Å². The zero-order valence-corrected chi connectivity index (χ0v) is 16.3. The number of amides is 2. The number of nitrogens with one attached hydrogen (secondary N) is 2. The highest BCUT2D eigenvalue weighted by molar-refractivity contribution is 5.89. The Morgan fingerprint density at radius 3 is 2.78 bits per heavy atom. The van der Waals surface area contributed by atoms with Crippen molar-refractivity contribution in [2.45, 2.75) is 52.5 Å². The van der Waals surface area contributed by atoms with Crippen molar-refractivity contribution >= 4 is 17.5 Å². The number of pyridine rings is 1. The van der Waals surface area contributed by atoms with Gasteiger partial charge in [-0.15, -0.1) is 0 Å². The minimum Gasteiger partial charge on any atom is -0.466 e. The molecule has 2 aromatic rings. The molecule has 6 heteroatoms. The molecule has 2 aliphatic rings. The Labute approximate surface area is 160 Å². The van der Waals surface area contributed by atoms with E-state index in [1.807, 2.05) is 25.1 Å². The fourth-order valence-corrected chi connectivity index (χ4v) is 4.23. The second kappa shape index (κ2) is 6.91. The molecule has 2 N–H and O–H groups in total. The second-order valence-corrected chi connectivity index (χ2v) is 8.53. The molecular formula is C21H28N4O2. The van der Waals surface area contributed by atoms with Crippen molar-refractivity contribution in [1.82, 2.24) is 10.3 Å². The van der Waals surface area contributed by atoms with Crippen LogP contribution in [0.15, 0.2) is 28.8 Å². The Morgan fingerprint density at radius 1 is 1.30 bits per heavy atom. The van der Waals surface area contributed by atoms with Gasteiger partial charge in [0.1, 0.15) is 17.3 Å². The normalized spacial score (nSPS) is 21.0. The summed E-state index contributed by atoms with van der Waals surface area (Å²) in [7, 11) is 0. The molecule has 0 aromatic carbocycles. The summed E-state index contributed by atoms with van der Waals surface area (Å²) in [4.78, 5) is 19.3. The number of hydrogen-bond acceptors (Lipinski definition) is 4. The summed E-state index contributed by atoms with van der Waals surface area (Å²) in [5, 5.41) is 6.02. The van der Waals surface area contributed by atoms with Crippen LogP contribution in [-0.4, -0.2) is 24.1 Å². The summed E-state index contributed by atoms with van der Waals surface area (Å²) in [6.07, 6.45) is 5.95. The Bertz CT molecular complexity index is 819. The van der Waals surface area contributed by atoms with Crippen molar-refractivity contribution in [2.75, 3.05) is 23.3 Å². The molecule has 4 rings (SSSR count). The van der Waals surface area contributed by atoms with Gasteiger partial charge in [-0.25, -0.2) is 9.78 Å². The lowest BCUT2D eigenvalue weighted by molar-refractivity contribution is 0.222. The maximum atomic E-state index is 12.6. The average molecular weight is 368 g/mol. The quantitative estimate of drug-likeness (QED) is 0.841. The number of hydrogen-bond donors (Lipinski definition) is 2. The van der Waals surface area contributed by atoms with E-state index in [1.165, 1.54) is 12.8 Å². The van der Waals surface area contributed by atoms with Crippen molar-refractivity contribution < 1.29 is 9.21 Å². The van der Waals surface area contributed by atoms with E-state index < -0.39 is 0 Å². The Balaban J connectivity index is 1.42. The van der Waals surface area contributed by atoms with Gasteiger partial charge in [0.05, 0.1) is 17.9 Å². The van der Waals surface area contributed by atoms with E-state index >= 15 is 0 Å². The Morgan fingerprint density at radius 2 is 2.07 bits per heavy atom. The lowest BCUT2D eigenvalue weighted by Gasteiger charge is -2.34. The number of aromatic nitrogens is 1. The number of urea groups is 1. The van der Waals surface area contributed by atoms with Crippen molar-refractivity contribution in [3.8, 4) is 0 Å². The SMILES string of the molecule is Cc1cc2c(o1)CC(C)(C)CC2NC(=O)Nc1ccc(N2CCCC2)nc1. The molecule has 1 aliphatic heterocycles. The van der Waals surface area contributed by atoms with Crippen LogP contribution in [0.25, 0.3) is 0 Å². The highest BCUT2D eigenvalue weighted by atomic mass is 16.3. The molecule has 0 spiro atoms. The molecule has 2 amide bonds. The third-order valence-corrected chi connectivity index (χ3v) is 5.48. The van der Waals surface area contributed by atoms with E-state index in [9.17, 15) is 4.79 Å². The molecule has 1 saturated heterocycles. The second-order valence-electron chi connectivity index (χ2n) is 8.53. The van der Waals surface area contributed by atoms with Crippen LogP contribution in [-0.2, 0) is 6.42 Å². The van der Waals surface area contributed by atoms with Gasteiger partial charge in [0.2, 0.25) is 0 Å². The van der Waals surface area contributed by atoms with Crippen molar-refractivity contribution in [2.24, 2.45) is 5.41 Å². The maximum Gasteiger partial charge on any atom is 0.319 e. The molecule has 0 radical (unpaired) electrons. The van der Waals surface area contributed by atoms with E-state index in [2.05, 4.69) is 34.4 Å². The van der Waals surface area contributed by atoms with Crippen LogP contribution < -0.4 is 15.5 Å². The number of rotatable bonds is 3. The highest BCUT2D eigenvalue weighted by Gasteiger charge is 2.35. The van der Waals surface area contributed by atoms with E-state index in [4.69, 9.17) is 4.42 Å². The van der Waals surface area contributed by atoms with Gasteiger partial charge in [-0.3, -0.25) is 0 Å². The van der Waals surface area contributed by atoms with Crippen molar-refractivity contribution in [3.63, 3.8) is 0 Å². The number of furan rings is 1. The van der Waals surface area contributed by atoms with Gasteiger partial charge in [-0.1, -0.05) is 13.8 Å². The van der Waals surface area contributed by atoms with Crippen LogP contribution in [0.5, 0.6) is 0 Å². The van der Waals surface area contributed by atoms with Gasteiger partial charge >= 0.3 is 6.03 Å². The van der Waals surface area contributed by atoms with Crippen LogP contribution in [0.4, 0.5) is 16.3 Å². The summed E-state index contributed by atoms with van der Waals surface area (Å²) in [5.41, 5.74) is 1.90. The molecule has 1 atom stereocenters. The standard InChI is InChI=1S/C21H28N4O2/c1-14-10-16-17(11-21(2,3)12-18(16)27-14)24-20(26)23-15-6-7-19(22-13-15)25-8-4-5-9-25/h6-7,10,13,17H,4-5,8-9,11-12H2,1-3H3,(H2,23,24,26). The fraction of sp³-hybridized carbons (Fsp3) is 0.524. The molecular weight excluding hydrogens is 340 g/mol. The number of carbonyl (C=O) groups is 1. The first-order chi connectivity index (χ1) is 12.9. The zero-order valence-electron chi connectivity index (χ0n) is 16.3. The summed E-state index contributed by atoms with van der Waals surface area (Å²) in [6.45, 7) is 8.49. The van der Waals surface area contributed by atoms with Gasteiger partial charge in [-0.2, -0.15) is 0 Å². The topological polar surface area (TPSA) is 70.4 Å². The first-order valence-corrected chi connectivity index (χ1v) is 9.77. The lowest BCUT2D eigenvalue weighted by atomic mass is 9.75. The molecule has 6 nitrogen and oxygen atoms in total. The zero-order chi connectivity index (χ0) is 19.0. The molecule has 3 heterocycles. The molecule has 0 bridgehead atoms.